The van der Waals surface area contributed by atoms with E-state index in [9.17, 15) is 9.59 Å². The zero-order chi connectivity index (χ0) is 59.6. The summed E-state index contributed by atoms with van der Waals surface area (Å²) in [5.41, 5.74) is 4.22. The summed E-state index contributed by atoms with van der Waals surface area (Å²) in [6.45, 7) is 3.78. The van der Waals surface area contributed by atoms with Gasteiger partial charge in [-0.2, -0.15) is 0 Å². The highest BCUT2D eigenvalue weighted by molar-refractivity contribution is 6.31. The van der Waals surface area contributed by atoms with E-state index in [1.165, 1.54) is 49.3 Å². The van der Waals surface area contributed by atoms with Crippen molar-refractivity contribution >= 4 is 59.8 Å². The van der Waals surface area contributed by atoms with Crippen LogP contribution in [0.3, 0.4) is 0 Å². The zero-order valence-corrected chi connectivity index (χ0v) is 52.7. The van der Waals surface area contributed by atoms with Crippen molar-refractivity contribution in [1.82, 2.24) is 19.6 Å². The molecule has 0 N–H and O–H groups in total. The van der Waals surface area contributed by atoms with Crippen molar-refractivity contribution in [2.24, 2.45) is 33.7 Å². The smallest absolute Gasteiger partial charge is 0.438 e. The molecule has 2 aliphatic carbocycles. The maximum Gasteiger partial charge on any atom is 0.510 e. The van der Waals surface area contributed by atoms with Crippen molar-refractivity contribution in [2.45, 2.75) is 145 Å². The van der Waals surface area contributed by atoms with Crippen LogP contribution in [0.5, 0.6) is 0 Å². The first kappa shape index (κ1) is 64.4. The lowest BCUT2D eigenvalue weighted by atomic mass is 9.73. The van der Waals surface area contributed by atoms with Crippen LogP contribution in [0.25, 0.3) is 0 Å². The lowest BCUT2D eigenvalue weighted by molar-refractivity contribution is -0.0630. The molecule has 0 radical (unpaired) electrons. The normalized spacial score (nSPS) is 24.6. The molecule has 0 amide bonds. The van der Waals surface area contributed by atoms with Crippen LogP contribution in [0.1, 0.15) is 130 Å². The maximum absolute atomic E-state index is 12.7. The lowest BCUT2D eigenvalue weighted by Crippen LogP contribution is -2.51. The molecular weight excluding hydrogens is 1120 g/mol. The van der Waals surface area contributed by atoms with Gasteiger partial charge >= 0.3 is 12.3 Å². The highest BCUT2D eigenvalue weighted by atomic mass is 35.5. The van der Waals surface area contributed by atoms with Gasteiger partial charge < -0.3 is 38.5 Å². The number of hydrogen-bond donors (Lipinski definition) is 0. The number of aliphatic imine (C=N–C) groups is 2. The molecule has 6 unspecified atom stereocenters. The summed E-state index contributed by atoms with van der Waals surface area (Å²) in [5, 5.41) is 2.21. The third-order valence-corrected chi connectivity index (χ3v) is 18.9. The maximum atomic E-state index is 12.7. The topological polar surface area (TPSA) is 109 Å². The third kappa shape index (κ3) is 17.3. The Hall–Kier alpha value is -5.63. The summed E-state index contributed by atoms with van der Waals surface area (Å²) in [6, 6.07) is 46.0. The number of carbonyl (C=O) groups excluding carboxylic acids is 2. The number of halogens is 3. The second-order valence-electron chi connectivity index (χ2n) is 24.1. The fraction of sp³-hybridized carbons (Fsp3) is 0.507. The second kappa shape index (κ2) is 31.1. The Labute approximate surface area is 515 Å². The van der Waals surface area contributed by atoms with Crippen LogP contribution in [0.2, 0.25) is 15.1 Å². The molecule has 9 rings (SSSR count). The molecule has 452 valence electrons. The number of unbranched alkanes of at least 4 members (excludes halogenated alkanes) is 1. The SMILES string of the molecule is CCCCC1(OC(=O)OC)N=CN(CCc2ccccc2)C1CC1CCC(C(c2ccc(Cl)cc2)N(C)C)CC1.COC(=O)OC1(Cc2ccc(Cl)cc2)N=CN(CCc2ccccc2)C1CC1CCC(C(c2ccc(Cl)cc2)N(C)C)CC1. The van der Waals surface area contributed by atoms with Crippen LogP contribution in [-0.2, 0) is 38.2 Å². The first-order valence-electron chi connectivity index (χ1n) is 30.4. The predicted molar refractivity (Wildman–Crippen MR) is 341 cm³/mol. The Kier molecular flexibility index (Phi) is 23.9. The van der Waals surface area contributed by atoms with Crippen molar-refractivity contribution in [2.75, 3.05) is 55.5 Å². The first-order chi connectivity index (χ1) is 40.6. The molecule has 2 fully saturated rings. The van der Waals surface area contributed by atoms with Gasteiger partial charge in [0.25, 0.3) is 0 Å². The second-order valence-corrected chi connectivity index (χ2v) is 25.4. The molecule has 4 aliphatic rings. The minimum absolute atomic E-state index is 0.00400. The monoisotopic (exact) mass is 1200 g/mol. The van der Waals surface area contributed by atoms with E-state index in [4.69, 9.17) is 63.7 Å². The summed E-state index contributed by atoms with van der Waals surface area (Å²) in [7, 11) is 11.4. The van der Waals surface area contributed by atoms with Crippen LogP contribution < -0.4 is 0 Å². The van der Waals surface area contributed by atoms with Gasteiger partial charge in [-0.15, -0.1) is 0 Å². The molecule has 12 nitrogen and oxygen atoms in total. The van der Waals surface area contributed by atoms with Gasteiger partial charge in [0.1, 0.15) is 0 Å². The molecule has 0 spiro atoms. The van der Waals surface area contributed by atoms with Crippen molar-refractivity contribution in [1.29, 1.82) is 0 Å². The van der Waals surface area contributed by atoms with E-state index < -0.39 is 23.8 Å². The number of nitrogens with zero attached hydrogens (tertiary/aromatic N) is 6. The fourth-order valence-corrected chi connectivity index (χ4v) is 14.2. The highest BCUT2D eigenvalue weighted by Gasteiger charge is 2.51. The number of rotatable bonds is 23. The summed E-state index contributed by atoms with van der Waals surface area (Å²) in [5.74, 6) is 2.19. The van der Waals surface area contributed by atoms with Crippen LogP contribution >= 0.6 is 34.8 Å². The van der Waals surface area contributed by atoms with Crippen LogP contribution in [0, 0.1) is 23.7 Å². The minimum Gasteiger partial charge on any atom is -0.438 e. The van der Waals surface area contributed by atoms with Crippen LogP contribution in [0.15, 0.2) is 143 Å². The highest BCUT2D eigenvalue weighted by Crippen LogP contribution is 2.46. The van der Waals surface area contributed by atoms with Crippen LogP contribution in [-0.4, -0.2) is 124 Å². The van der Waals surface area contributed by atoms with Gasteiger partial charge in [-0.3, -0.25) is 0 Å². The Balaban J connectivity index is 0.000000220. The molecule has 6 atom stereocenters. The molecule has 84 heavy (non-hydrogen) atoms. The lowest BCUT2D eigenvalue weighted by Gasteiger charge is -2.41. The quantitative estimate of drug-likeness (QED) is 0.0587. The van der Waals surface area contributed by atoms with E-state index in [-0.39, 0.29) is 12.1 Å². The number of benzene rings is 5. The van der Waals surface area contributed by atoms with Gasteiger partial charge in [-0.25, -0.2) is 19.6 Å². The first-order valence-corrected chi connectivity index (χ1v) is 31.6. The molecule has 15 heteroatoms. The van der Waals surface area contributed by atoms with Crippen molar-refractivity contribution in [3.63, 3.8) is 0 Å². The van der Waals surface area contributed by atoms with Gasteiger partial charge in [0, 0.05) is 53.1 Å². The largest absolute Gasteiger partial charge is 0.510 e. The van der Waals surface area contributed by atoms with E-state index >= 15 is 0 Å². The van der Waals surface area contributed by atoms with E-state index in [1.54, 1.807) is 0 Å². The van der Waals surface area contributed by atoms with Crippen LogP contribution in [0.4, 0.5) is 9.59 Å². The average Bonchev–Trinajstić information content (AvgIpc) is 2.62. The van der Waals surface area contributed by atoms with E-state index in [0.717, 1.165) is 106 Å². The Morgan fingerprint density at radius 3 is 1.31 bits per heavy atom. The molecule has 0 aromatic heterocycles. The number of carbonyl (C=O) groups is 2. The zero-order valence-electron chi connectivity index (χ0n) is 50.5. The van der Waals surface area contributed by atoms with E-state index in [1.807, 2.05) is 73.3 Å². The molecule has 0 bridgehead atoms. The molecule has 2 heterocycles. The Morgan fingerprint density at radius 2 is 0.917 bits per heavy atom. The third-order valence-electron chi connectivity index (χ3n) is 18.1. The molecule has 5 aromatic carbocycles. The molecule has 2 saturated carbocycles. The van der Waals surface area contributed by atoms with Crippen molar-refractivity contribution < 1.29 is 28.5 Å². The fourth-order valence-electron chi connectivity index (χ4n) is 13.8. The Bertz CT molecular complexity index is 2850. The van der Waals surface area contributed by atoms with Gasteiger partial charge in [0.15, 0.2) is 0 Å². The van der Waals surface area contributed by atoms with Gasteiger partial charge in [-0.1, -0.05) is 171 Å². The van der Waals surface area contributed by atoms with Gasteiger partial charge in [-0.05, 0) is 174 Å². The summed E-state index contributed by atoms with van der Waals surface area (Å²) in [6.07, 6.45) is 18.3. The van der Waals surface area contributed by atoms with Gasteiger partial charge in [0.05, 0.1) is 39.0 Å². The number of ether oxygens (including phenoxy) is 4. The standard InChI is InChI=1S/C36H43Cl2N3O3.C33H46ClN3O3/c1-40(2)34(30-15-19-32(38)20-16-30)29-13-9-27(10-14-29)23-33-36(44-35(42)43-3,24-28-11-17-31(37)18-12-28)39-25-41(33)22-21-26-7-5-4-6-8-26;1-5-6-21-33(40-32(38)39-4)30(37(24-35-33)22-20-25-10-8-7-9-11-25)23-26-12-14-27(15-13-26)31(36(2)3)28-16-18-29(34)19-17-28/h4-8,11-12,15-20,25,27,29,33-34H,9-10,13-14,21-24H2,1-3H3;7-11,16-19,24,26-27,30-31H,5-6,12-15,20-23H2,1-4H3. The predicted octanol–water partition coefficient (Wildman–Crippen LogP) is 16.2. The average molecular weight is 1200 g/mol. The molecular formula is C69H89Cl3N6O6. The molecule has 5 aromatic rings. The van der Waals surface area contributed by atoms with E-state index in [2.05, 4.69) is 128 Å². The van der Waals surface area contributed by atoms with Gasteiger partial charge in [0.2, 0.25) is 11.4 Å². The number of methoxy groups -OCH3 is 2. The van der Waals surface area contributed by atoms with Crippen molar-refractivity contribution in [3.8, 4) is 0 Å². The summed E-state index contributed by atoms with van der Waals surface area (Å²) >= 11 is 18.6. The van der Waals surface area contributed by atoms with Crippen molar-refractivity contribution in [3.05, 3.63) is 176 Å². The minimum atomic E-state index is -1.09. The summed E-state index contributed by atoms with van der Waals surface area (Å²) < 4.78 is 22.1. The number of hydrogen-bond acceptors (Lipinski definition) is 12. The van der Waals surface area contributed by atoms with E-state index in [0.29, 0.717) is 53.6 Å². The molecule has 2 aliphatic heterocycles. The Morgan fingerprint density at radius 1 is 0.536 bits per heavy atom. The molecule has 0 saturated heterocycles. The summed E-state index contributed by atoms with van der Waals surface area (Å²) in [4.78, 5) is 44.3.